The van der Waals surface area contributed by atoms with Gasteiger partial charge in [0.25, 0.3) is 5.78 Å². The number of hydrogen-bond donors (Lipinski definition) is 1. The summed E-state index contributed by atoms with van der Waals surface area (Å²) in [6.07, 6.45) is 4.50. The van der Waals surface area contributed by atoms with Crippen LogP contribution in [0.1, 0.15) is 10.4 Å². The predicted molar refractivity (Wildman–Crippen MR) is 49.5 cm³/mol. The molecule has 0 aromatic carbocycles. The Labute approximate surface area is 83.0 Å². The average Bonchev–Trinajstić information content (AvgIpc) is 2.62. The molecular weight excluding hydrogens is 204 g/mol. The topological polar surface area (TPSA) is 80.4 Å². The van der Waals surface area contributed by atoms with Gasteiger partial charge in [-0.15, -0.1) is 11.8 Å². The third-order valence-corrected chi connectivity index (χ3v) is 2.36. The van der Waals surface area contributed by atoms with E-state index in [9.17, 15) is 4.79 Å². The van der Waals surface area contributed by atoms with Crippen LogP contribution in [-0.2, 0) is 0 Å². The van der Waals surface area contributed by atoms with E-state index in [0.29, 0.717) is 10.8 Å². The summed E-state index contributed by atoms with van der Waals surface area (Å²) in [6.45, 7) is 0. The Morgan fingerprint density at radius 1 is 1.64 bits per heavy atom. The molecule has 2 aromatic heterocycles. The minimum Gasteiger partial charge on any atom is -0.478 e. The zero-order chi connectivity index (χ0) is 10.1. The van der Waals surface area contributed by atoms with E-state index in [2.05, 4.69) is 15.1 Å². The van der Waals surface area contributed by atoms with Gasteiger partial charge in [0.2, 0.25) is 0 Å². The largest absolute Gasteiger partial charge is 0.478 e. The molecular formula is C7H6N4O2S. The second-order valence-electron chi connectivity index (χ2n) is 2.47. The number of carboxylic acids is 1. The molecule has 6 nitrogen and oxygen atoms in total. The van der Waals surface area contributed by atoms with Crippen LogP contribution in [0.15, 0.2) is 17.6 Å². The molecule has 0 aliphatic carbocycles. The molecule has 0 saturated heterocycles. The molecule has 0 atom stereocenters. The lowest BCUT2D eigenvalue weighted by Gasteiger charge is -2.01. The van der Waals surface area contributed by atoms with Crippen LogP contribution in [-0.4, -0.2) is 36.9 Å². The highest BCUT2D eigenvalue weighted by atomic mass is 32.2. The number of carbonyl (C=O) groups is 1. The van der Waals surface area contributed by atoms with Crippen molar-refractivity contribution in [3.05, 3.63) is 18.1 Å². The molecule has 0 aliphatic heterocycles. The van der Waals surface area contributed by atoms with Gasteiger partial charge in [0, 0.05) is 6.20 Å². The maximum Gasteiger partial charge on any atom is 0.340 e. The number of aromatic carboxylic acids is 1. The Bertz CT molecular complexity index is 495. The molecule has 0 fully saturated rings. The van der Waals surface area contributed by atoms with Crippen molar-refractivity contribution in [3.8, 4) is 0 Å². The Kier molecular flexibility index (Phi) is 2.08. The summed E-state index contributed by atoms with van der Waals surface area (Å²) in [5, 5.41) is 13.1. The molecule has 7 heteroatoms. The fraction of sp³-hybridized carbons (Fsp3) is 0.143. The van der Waals surface area contributed by atoms with Crippen molar-refractivity contribution in [2.75, 3.05) is 6.26 Å². The lowest BCUT2D eigenvalue weighted by molar-refractivity contribution is 0.0691. The first kappa shape index (κ1) is 8.95. The number of carboxylic acid groups (broad SMARTS) is 1. The second-order valence-corrected chi connectivity index (χ2v) is 3.27. The minimum atomic E-state index is -1.01. The van der Waals surface area contributed by atoms with Crippen molar-refractivity contribution in [2.45, 2.75) is 5.03 Å². The van der Waals surface area contributed by atoms with E-state index in [1.165, 1.54) is 28.8 Å². The van der Waals surface area contributed by atoms with Crippen LogP contribution in [0.4, 0.5) is 0 Å². The van der Waals surface area contributed by atoms with Crippen LogP contribution in [0.3, 0.4) is 0 Å². The summed E-state index contributed by atoms with van der Waals surface area (Å²) < 4.78 is 1.34. The molecule has 0 bridgehead atoms. The monoisotopic (exact) mass is 210 g/mol. The van der Waals surface area contributed by atoms with E-state index in [4.69, 9.17) is 5.11 Å². The first-order valence-electron chi connectivity index (χ1n) is 3.70. The molecule has 72 valence electrons. The lowest BCUT2D eigenvalue weighted by atomic mass is 10.3. The van der Waals surface area contributed by atoms with Crippen molar-refractivity contribution in [3.63, 3.8) is 0 Å². The molecule has 0 aliphatic rings. The van der Waals surface area contributed by atoms with Gasteiger partial charge in [-0.05, 0) is 6.26 Å². The van der Waals surface area contributed by atoms with Gasteiger partial charge in [0.15, 0.2) is 0 Å². The number of nitrogens with zero attached hydrogens (tertiary/aromatic N) is 4. The number of thioether (sulfide) groups is 1. The van der Waals surface area contributed by atoms with Gasteiger partial charge >= 0.3 is 5.97 Å². The van der Waals surface area contributed by atoms with Crippen LogP contribution in [0, 0.1) is 0 Å². The first-order chi connectivity index (χ1) is 6.72. The summed E-state index contributed by atoms with van der Waals surface area (Å²) >= 11 is 1.27. The van der Waals surface area contributed by atoms with Crippen LogP contribution in [0.2, 0.25) is 0 Å². The van der Waals surface area contributed by atoms with Crippen molar-refractivity contribution in [1.82, 2.24) is 19.6 Å². The van der Waals surface area contributed by atoms with Gasteiger partial charge in [0.05, 0.1) is 0 Å². The molecule has 2 heterocycles. The lowest BCUT2D eigenvalue weighted by Crippen LogP contribution is -2.04. The highest BCUT2D eigenvalue weighted by Crippen LogP contribution is 2.17. The van der Waals surface area contributed by atoms with Crippen molar-refractivity contribution < 1.29 is 9.90 Å². The van der Waals surface area contributed by atoms with Gasteiger partial charge in [-0.1, -0.05) is 0 Å². The first-order valence-corrected chi connectivity index (χ1v) is 4.92. The van der Waals surface area contributed by atoms with E-state index in [0.717, 1.165) is 0 Å². The van der Waals surface area contributed by atoms with Crippen LogP contribution in [0.5, 0.6) is 0 Å². The minimum absolute atomic E-state index is 0.135. The third-order valence-electron chi connectivity index (χ3n) is 1.66. The average molecular weight is 210 g/mol. The summed E-state index contributed by atoms with van der Waals surface area (Å²) in [7, 11) is 0. The zero-order valence-electron chi connectivity index (χ0n) is 7.21. The fourth-order valence-corrected chi connectivity index (χ4v) is 1.58. The second kappa shape index (κ2) is 3.26. The Hall–Kier alpha value is -1.63. The molecule has 0 amide bonds. The van der Waals surface area contributed by atoms with E-state index in [-0.39, 0.29) is 5.56 Å². The van der Waals surface area contributed by atoms with E-state index < -0.39 is 5.97 Å². The maximum absolute atomic E-state index is 10.8. The number of rotatable bonds is 2. The number of fused-ring (bicyclic) bond motifs is 1. The van der Waals surface area contributed by atoms with Gasteiger partial charge in [-0.3, -0.25) is 0 Å². The van der Waals surface area contributed by atoms with Crippen molar-refractivity contribution in [1.29, 1.82) is 0 Å². The third kappa shape index (κ3) is 1.31. The Balaban J connectivity index is 2.72. The van der Waals surface area contributed by atoms with Crippen LogP contribution < -0.4 is 0 Å². The fourth-order valence-electron chi connectivity index (χ4n) is 1.05. The summed E-state index contributed by atoms with van der Waals surface area (Å²) in [5.74, 6) is -0.612. The molecule has 0 saturated carbocycles. The highest BCUT2D eigenvalue weighted by molar-refractivity contribution is 7.98. The van der Waals surface area contributed by atoms with Crippen LogP contribution >= 0.6 is 11.8 Å². The number of hydrogen-bond acceptors (Lipinski definition) is 5. The maximum atomic E-state index is 10.8. The van der Waals surface area contributed by atoms with E-state index in [1.807, 2.05) is 0 Å². The molecule has 2 rings (SSSR count). The predicted octanol–water partition coefficient (Wildman–Crippen LogP) is 0.544. The molecule has 0 unspecified atom stereocenters. The summed E-state index contributed by atoms with van der Waals surface area (Å²) in [6, 6.07) is 0. The smallest absolute Gasteiger partial charge is 0.340 e. The SMILES string of the molecule is CSc1nc2ncnn2cc1C(=O)O. The molecule has 0 radical (unpaired) electrons. The Morgan fingerprint density at radius 3 is 3.07 bits per heavy atom. The van der Waals surface area contributed by atoms with Crippen LogP contribution in [0.25, 0.3) is 5.78 Å². The van der Waals surface area contributed by atoms with Crippen molar-refractivity contribution >= 4 is 23.5 Å². The van der Waals surface area contributed by atoms with Crippen molar-refractivity contribution in [2.24, 2.45) is 0 Å². The standard InChI is InChI=1S/C7H6N4O2S/c1-14-5-4(6(12)13)2-11-7(10-5)8-3-9-11/h2-3H,1H3,(H,12,13). The quantitative estimate of drug-likeness (QED) is 0.575. The molecule has 0 spiro atoms. The number of aromatic nitrogens is 4. The van der Waals surface area contributed by atoms with E-state index >= 15 is 0 Å². The molecule has 1 N–H and O–H groups in total. The van der Waals surface area contributed by atoms with Gasteiger partial charge < -0.3 is 5.11 Å². The Morgan fingerprint density at radius 2 is 2.43 bits per heavy atom. The molecule has 2 aromatic rings. The molecule has 14 heavy (non-hydrogen) atoms. The zero-order valence-corrected chi connectivity index (χ0v) is 8.02. The summed E-state index contributed by atoms with van der Waals surface area (Å²) in [5.41, 5.74) is 0.135. The summed E-state index contributed by atoms with van der Waals surface area (Å²) in [4.78, 5) is 18.7. The van der Waals surface area contributed by atoms with E-state index in [1.54, 1.807) is 6.26 Å². The van der Waals surface area contributed by atoms with Gasteiger partial charge in [-0.2, -0.15) is 10.1 Å². The van der Waals surface area contributed by atoms with Gasteiger partial charge in [-0.25, -0.2) is 14.3 Å². The normalized spacial score (nSPS) is 10.6. The highest BCUT2D eigenvalue weighted by Gasteiger charge is 2.13. The van der Waals surface area contributed by atoms with Gasteiger partial charge in [0.1, 0.15) is 16.9 Å².